The van der Waals surface area contributed by atoms with Gasteiger partial charge in [0.1, 0.15) is 5.75 Å². The van der Waals surface area contributed by atoms with Crippen LogP contribution in [0.4, 0.5) is 0 Å². The van der Waals surface area contributed by atoms with Gasteiger partial charge in [0.25, 0.3) is 0 Å². The first-order valence-corrected chi connectivity index (χ1v) is 5.85. The molecule has 0 amide bonds. The van der Waals surface area contributed by atoms with Gasteiger partial charge in [-0.1, -0.05) is 6.92 Å². The molecule has 0 aliphatic carbocycles. The minimum Gasteiger partial charge on any atom is -0.497 e. The molecule has 0 spiro atoms. The summed E-state index contributed by atoms with van der Waals surface area (Å²) < 4.78 is 6.90. The number of ether oxygens (including phenoxy) is 1. The van der Waals surface area contributed by atoms with Crippen LogP contribution in [-0.4, -0.2) is 23.2 Å². The van der Waals surface area contributed by atoms with E-state index in [-0.39, 0.29) is 0 Å². The quantitative estimate of drug-likeness (QED) is 0.776. The lowest BCUT2D eigenvalue weighted by atomic mass is 10.00. The van der Waals surface area contributed by atoms with Gasteiger partial charge in [-0.2, -0.15) is 5.10 Å². The highest BCUT2D eigenvalue weighted by atomic mass is 16.5. The number of hydrogen-bond donors (Lipinski definition) is 0. The van der Waals surface area contributed by atoms with E-state index in [4.69, 9.17) is 4.74 Å². The number of rotatable bonds is 4. The Morgan fingerprint density at radius 3 is 2.78 bits per heavy atom. The molecule has 0 bridgehead atoms. The number of hydrogen-bond acceptors (Lipinski definition) is 3. The van der Waals surface area contributed by atoms with Crippen LogP contribution in [0, 0.1) is 0 Å². The zero-order valence-electron chi connectivity index (χ0n) is 10.8. The van der Waals surface area contributed by atoms with Gasteiger partial charge in [-0.15, -0.1) is 0 Å². The van der Waals surface area contributed by atoms with Gasteiger partial charge in [0.15, 0.2) is 6.29 Å². The summed E-state index contributed by atoms with van der Waals surface area (Å²) in [5, 5.41) is 4.39. The molecule has 0 radical (unpaired) electrons. The second-order valence-electron chi connectivity index (χ2n) is 4.09. The molecule has 4 heteroatoms. The third-order valence-corrected chi connectivity index (χ3v) is 2.92. The molecule has 0 fully saturated rings. The first kappa shape index (κ1) is 12.4. The number of aldehydes is 1. The fourth-order valence-electron chi connectivity index (χ4n) is 2.03. The van der Waals surface area contributed by atoms with Crippen LogP contribution in [0.5, 0.6) is 5.75 Å². The average molecular weight is 244 g/mol. The van der Waals surface area contributed by atoms with Gasteiger partial charge >= 0.3 is 0 Å². The van der Waals surface area contributed by atoms with Gasteiger partial charge in [-0.25, -0.2) is 0 Å². The molecule has 2 rings (SSSR count). The van der Waals surface area contributed by atoms with Gasteiger partial charge in [-0.05, 0) is 30.2 Å². The first-order valence-electron chi connectivity index (χ1n) is 5.85. The van der Waals surface area contributed by atoms with Crippen LogP contribution in [0.3, 0.4) is 0 Å². The smallest absolute Gasteiger partial charge is 0.150 e. The molecule has 1 heterocycles. The van der Waals surface area contributed by atoms with E-state index in [1.807, 2.05) is 25.4 Å². The van der Waals surface area contributed by atoms with E-state index in [0.29, 0.717) is 11.3 Å². The molecule has 94 valence electrons. The summed E-state index contributed by atoms with van der Waals surface area (Å²) in [6.45, 7) is 2.05. The molecule has 0 aliphatic rings. The normalized spacial score (nSPS) is 10.4. The van der Waals surface area contributed by atoms with Crippen LogP contribution in [-0.2, 0) is 13.5 Å². The minimum atomic E-state index is 0.622. The molecule has 4 nitrogen and oxygen atoms in total. The van der Waals surface area contributed by atoms with E-state index in [0.717, 1.165) is 29.5 Å². The van der Waals surface area contributed by atoms with Crippen molar-refractivity contribution in [3.63, 3.8) is 0 Å². The molecule has 2 aromatic rings. The SMILES string of the molecule is CCc1nn(C)cc1-c1ccc(OC)cc1C=O. The van der Waals surface area contributed by atoms with Crippen molar-refractivity contribution in [2.75, 3.05) is 7.11 Å². The molecule has 0 N–H and O–H groups in total. The summed E-state index contributed by atoms with van der Waals surface area (Å²) >= 11 is 0. The summed E-state index contributed by atoms with van der Waals surface area (Å²) in [7, 11) is 3.47. The zero-order chi connectivity index (χ0) is 13.1. The van der Waals surface area contributed by atoms with Crippen LogP contribution in [0.2, 0.25) is 0 Å². The highest BCUT2D eigenvalue weighted by Gasteiger charge is 2.12. The highest BCUT2D eigenvalue weighted by molar-refractivity contribution is 5.88. The molecular formula is C14H16N2O2. The van der Waals surface area contributed by atoms with Crippen molar-refractivity contribution in [3.05, 3.63) is 35.7 Å². The van der Waals surface area contributed by atoms with Crippen molar-refractivity contribution >= 4 is 6.29 Å². The van der Waals surface area contributed by atoms with Crippen LogP contribution in [0.1, 0.15) is 23.0 Å². The van der Waals surface area contributed by atoms with Gasteiger partial charge in [0.05, 0.1) is 12.8 Å². The second-order valence-corrected chi connectivity index (χ2v) is 4.09. The van der Waals surface area contributed by atoms with Crippen LogP contribution in [0.15, 0.2) is 24.4 Å². The van der Waals surface area contributed by atoms with Crippen molar-refractivity contribution in [1.29, 1.82) is 0 Å². The first-order chi connectivity index (χ1) is 8.69. The second kappa shape index (κ2) is 5.04. The van der Waals surface area contributed by atoms with E-state index >= 15 is 0 Å². The molecular weight excluding hydrogens is 228 g/mol. The number of benzene rings is 1. The number of carbonyl (C=O) groups is 1. The number of aryl methyl sites for hydroxylation is 2. The molecule has 1 aromatic heterocycles. The number of nitrogens with zero attached hydrogens (tertiary/aromatic N) is 2. The van der Waals surface area contributed by atoms with Gasteiger partial charge in [0.2, 0.25) is 0 Å². The largest absolute Gasteiger partial charge is 0.497 e. The zero-order valence-corrected chi connectivity index (χ0v) is 10.8. The standard InChI is InChI=1S/C14H16N2O2/c1-4-14-13(8-16(2)15-14)12-6-5-11(18-3)7-10(12)9-17/h5-9H,4H2,1-3H3. The maximum atomic E-state index is 11.2. The Bertz CT molecular complexity index is 573. The third kappa shape index (κ3) is 2.14. The predicted molar refractivity (Wildman–Crippen MR) is 70.0 cm³/mol. The van der Waals surface area contributed by atoms with Crippen LogP contribution >= 0.6 is 0 Å². The highest BCUT2D eigenvalue weighted by Crippen LogP contribution is 2.28. The lowest BCUT2D eigenvalue weighted by molar-refractivity contribution is 0.112. The Balaban J connectivity index is 2.59. The molecule has 18 heavy (non-hydrogen) atoms. The average Bonchev–Trinajstić information content (AvgIpc) is 2.78. The fourth-order valence-corrected chi connectivity index (χ4v) is 2.03. The summed E-state index contributed by atoms with van der Waals surface area (Å²) in [4.78, 5) is 11.2. The maximum absolute atomic E-state index is 11.2. The summed E-state index contributed by atoms with van der Waals surface area (Å²) in [6, 6.07) is 5.50. The maximum Gasteiger partial charge on any atom is 0.150 e. The van der Waals surface area contributed by atoms with Gasteiger partial charge in [0, 0.05) is 24.4 Å². The Hall–Kier alpha value is -2.10. The van der Waals surface area contributed by atoms with Gasteiger partial charge in [-0.3, -0.25) is 9.48 Å². The van der Waals surface area contributed by atoms with E-state index in [1.54, 1.807) is 17.9 Å². The third-order valence-electron chi connectivity index (χ3n) is 2.92. The lowest BCUT2D eigenvalue weighted by Gasteiger charge is -2.06. The number of carbonyl (C=O) groups excluding carboxylic acids is 1. The van der Waals surface area contributed by atoms with E-state index in [9.17, 15) is 4.79 Å². The van der Waals surface area contributed by atoms with Crippen LogP contribution in [0.25, 0.3) is 11.1 Å². The Kier molecular flexibility index (Phi) is 3.46. The van der Waals surface area contributed by atoms with Crippen molar-refractivity contribution in [3.8, 4) is 16.9 Å². The molecule has 0 saturated heterocycles. The molecule has 0 unspecified atom stereocenters. The number of aromatic nitrogens is 2. The van der Waals surface area contributed by atoms with E-state index in [1.165, 1.54) is 0 Å². The Labute approximate surface area is 106 Å². The topological polar surface area (TPSA) is 44.1 Å². The lowest BCUT2D eigenvalue weighted by Crippen LogP contribution is -1.92. The summed E-state index contributed by atoms with van der Waals surface area (Å²) in [5.74, 6) is 0.683. The van der Waals surface area contributed by atoms with Gasteiger partial charge < -0.3 is 4.74 Å². The summed E-state index contributed by atoms with van der Waals surface area (Å²) in [5.41, 5.74) is 3.52. The molecule has 0 atom stereocenters. The predicted octanol–water partition coefficient (Wildman–Crippen LogP) is 2.47. The monoisotopic (exact) mass is 244 g/mol. The fraction of sp³-hybridized carbons (Fsp3) is 0.286. The minimum absolute atomic E-state index is 0.622. The molecule has 1 aromatic carbocycles. The van der Waals surface area contributed by atoms with Crippen LogP contribution < -0.4 is 4.74 Å². The van der Waals surface area contributed by atoms with Crippen molar-refractivity contribution in [2.24, 2.45) is 7.05 Å². The Morgan fingerprint density at radius 2 is 2.17 bits per heavy atom. The van der Waals surface area contributed by atoms with Crippen molar-refractivity contribution in [1.82, 2.24) is 9.78 Å². The molecule has 0 saturated carbocycles. The Morgan fingerprint density at radius 1 is 1.39 bits per heavy atom. The van der Waals surface area contributed by atoms with Crippen molar-refractivity contribution in [2.45, 2.75) is 13.3 Å². The van der Waals surface area contributed by atoms with E-state index < -0.39 is 0 Å². The summed E-state index contributed by atoms with van der Waals surface area (Å²) in [6.07, 6.45) is 3.62. The van der Waals surface area contributed by atoms with E-state index in [2.05, 4.69) is 12.0 Å². The molecule has 0 aliphatic heterocycles. The number of methoxy groups -OCH3 is 1. The van der Waals surface area contributed by atoms with Crippen molar-refractivity contribution < 1.29 is 9.53 Å².